The first-order valence-corrected chi connectivity index (χ1v) is 9.35. The monoisotopic (exact) mass is 359 g/mol. The Hall–Kier alpha value is -1.69. The Morgan fingerprint density at radius 2 is 2.12 bits per heavy atom. The third-order valence-electron chi connectivity index (χ3n) is 4.40. The van der Waals surface area contributed by atoms with Crippen molar-refractivity contribution >= 4 is 22.9 Å². The fourth-order valence-corrected chi connectivity index (χ4v) is 3.90. The molecule has 4 rings (SSSR count). The third kappa shape index (κ3) is 3.24. The molecule has 0 aliphatic heterocycles. The SMILES string of the molecule is CC(c1ccccc1Cl)N(Cc1nc(-c2cccs2)no1)C1CC1. The summed E-state index contributed by atoms with van der Waals surface area (Å²) in [5.74, 6) is 1.32. The van der Waals surface area contributed by atoms with Crippen molar-refractivity contribution in [3.05, 3.63) is 58.3 Å². The van der Waals surface area contributed by atoms with Gasteiger partial charge in [-0.05, 0) is 42.8 Å². The second kappa shape index (κ2) is 6.67. The van der Waals surface area contributed by atoms with E-state index in [0.717, 1.165) is 15.5 Å². The van der Waals surface area contributed by atoms with E-state index in [1.807, 2.05) is 35.7 Å². The molecule has 1 fully saturated rings. The molecule has 124 valence electrons. The highest BCUT2D eigenvalue weighted by Crippen LogP contribution is 2.37. The molecule has 0 saturated heterocycles. The maximum atomic E-state index is 6.39. The number of nitrogens with zero attached hydrogens (tertiary/aromatic N) is 3. The van der Waals surface area contributed by atoms with Crippen molar-refractivity contribution in [2.24, 2.45) is 0 Å². The topological polar surface area (TPSA) is 42.2 Å². The summed E-state index contributed by atoms with van der Waals surface area (Å²) in [5.41, 5.74) is 1.14. The Morgan fingerprint density at radius 1 is 1.29 bits per heavy atom. The number of rotatable bonds is 6. The lowest BCUT2D eigenvalue weighted by atomic mass is 10.1. The first kappa shape index (κ1) is 15.8. The van der Waals surface area contributed by atoms with Crippen molar-refractivity contribution in [2.45, 2.75) is 38.4 Å². The van der Waals surface area contributed by atoms with Gasteiger partial charge in [0, 0.05) is 17.1 Å². The van der Waals surface area contributed by atoms with Gasteiger partial charge in [-0.1, -0.05) is 41.0 Å². The summed E-state index contributed by atoms with van der Waals surface area (Å²) in [7, 11) is 0. The van der Waals surface area contributed by atoms with Crippen LogP contribution in [0.4, 0.5) is 0 Å². The van der Waals surface area contributed by atoms with Gasteiger partial charge in [0.25, 0.3) is 0 Å². The molecule has 0 bridgehead atoms. The molecule has 0 radical (unpaired) electrons. The van der Waals surface area contributed by atoms with Gasteiger partial charge in [0.2, 0.25) is 11.7 Å². The quantitative estimate of drug-likeness (QED) is 0.608. The molecule has 1 aliphatic carbocycles. The number of halogens is 1. The third-order valence-corrected chi connectivity index (χ3v) is 5.61. The molecule has 24 heavy (non-hydrogen) atoms. The smallest absolute Gasteiger partial charge is 0.241 e. The minimum atomic E-state index is 0.211. The molecule has 1 unspecified atom stereocenters. The molecule has 3 aromatic rings. The molecule has 1 aromatic carbocycles. The summed E-state index contributed by atoms with van der Waals surface area (Å²) in [4.78, 5) is 8.00. The first-order chi connectivity index (χ1) is 11.7. The van der Waals surface area contributed by atoms with Crippen molar-refractivity contribution in [1.29, 1.82) is 0 Å². The van der Waals surface area contributed by atoms with E-state index in [9.17, 15) is 0 Å². The molecule has 1 saturated carbocycles. The van der Waals surface area contributed by atoms with Crippen LogP contribution >= 0.6 is 22.9 Å². The zero-order valence-corrected chi connectivity index (χ0v) is 14.9. The largest absolute Gasteiger partial charge is 0.338 e. The predicted octanol–water partition coefficient (Wildman–Crippen LogP) is 5.18. The van der Waals surface area contributed by atoms with Gasteiger partial charge in [-0.2, -0.15) is 4.98 Å². The van der Waals surface area contributed by atoms with E-state index in [1.165, 1.54) is 12.8 Å². The standard InChI is InChI=1S/C18H18ClN3OS/c1-12(14-5-2-3-6-15(14)19)22(13-8-9-13)11-17-20-18(21-23-17)16-7-4-10-24-16/h2-7,10,12-13H,8-9,11H2,1H3. The summed E-state index contributed by atoms with van der Waals surface area (Å²) in [6.45, 7) is 2.84. The lowest BCUT2D eigenvalue weighted by Crippen LogP contribution is -2.29. The second-order valence-electron chi connectivity index (χ2n) is 6.09. The van der Waals surface area contributed by atoms with Crippen LogP contribution in [0, 0.1) is 0 Å². The van der Waals surface area contributed by atoms with E-state index in [1.54, 1.807) is 11.3 Å². The molecule has 6 heteroatoms. The van der Waals surface area contributed by atoms with Crippen molar-refractivity contribution in [3.8, 4) is 10.7 Å². The zero-order valence-electron chi connectivity index (χ0n) is 13.4. The average molecular weight is 360 g/mol. The molecule has 4 nitrogen and oxygen atoms in total. The van der Waals surface area contributed by atoms with Crippen LogP contribution in [0.15, 0.2) is 46.3 Å². The van der Waals surface area contributed by atoms with Gasteiger partial charge in [0.05, 0.1) is 11.4 Å². The molecule has 1 aliphatic rings. The van der Waals surface area contributed by atoms with E-state index < -0.39 is 0 Å². The van der Waals surface area contributed by atoms with Crippen LogP contribution in [-0.2, 0) is 6.54 Å². The van der Waals surface area contributed by atoms with Gasteiger partial charge in [0.15, 0.2) is 0 Å². The summed E-state index contributed by atoms with van der Waals surface area (Å²) in [6.07, 6.45) is 2.42. The summed E-state index contributed by atoms with van der Waals surface area (Å²) >= 11 is 8.00. The van der Waals surface area contributed by atoms with Crippen molar-refractivity contribution in [2.75, 3.05) is 0 Å². The number of hydrogen-bond donors (Lipinski definition) is 0. The summed E-state index contributed by atoms with van der Waals surface area (Å²) in [6, 6.07) is 12.8. The van der Waals surface area contributed by atoms with Crippen molar-refractivity contribution in [1.82, 2.24) is 15.0 Å². The molecule has 2 heterocycles. The summed E-state index contributed by atoms with van der Waals surface area (Å²) in [5, 5.41) is 6.93. The highest BCUT2D eigenvalue weighted by Gasteiger charge is 2.34. The Balaban J connectivity index is 1.55. The van der Waals surface area contributed by atoms with E-state index in [4.69, 9.17) is 16.1 Å². The molecular weight excluding hydrogens is 342 g/mol. The average Bonchev–Trinajstić information content (AvgIpc) is 3.10. The van der Waals surface area contributed by atoms with E-state index >= 15 is 0 Å². The van der Waals surface area contributed by atoms with Gasteiger partial charge >= 0.3 is 0 Å². The number of benzene rings is 1. The maximum absolute atomic E-state index is 6.39. The Morgan fingerprint density at radius 3 is 2.83 bits per heavy atom. The minimum Gasteiger partial charge on any atom is -0.338 e. The van der Waals surface area contributed by atoms with E-state index in [0.29, 0.717) is 24.3 Å². The van der Waals surface area contributed by atoms with Crippen LogP contribution in [0.3, 0.4) is 0 Å². The van der Waals surface area contributed by atoms with E-state index in [2.05, 4.69) is 28.0 Å². The Kier molecular flexibility index (Phi) is 4.39. The molecule has 0 amide bonds. The molecule has 0 spiro atoms. The normalized spacial score (nSPS) is 15.8. The van der Waals surface area contributed by atoms with Gasteiger partial charge in [-0.15, -0.1) is 11.3 Å². The second-order valence-corrected chi connectivity index (χ2v) is 7.44. The minimum absolute atomic E-state index is 0.211. The number of aromatic nitrogens is 2. The van der Waals surface area contributed by atoms with Crippen LogP contribution in [0.25, 0.3) is 10.7 Å². The first-order valence-electron chi connectivity index (χ1n) is 8.09. The van der Waals surface area contributed by atoms with Gasteiger partial charge in [-0.25, -0.2) is 0 Å². The highest BCUT2D eigenvalue weighted by molar-refractivity contribution is 7.13. The van der Waals surface area contributed by atoms with E-state index in [-0.39, 0.29) is 6.04 Å². The highest BCUT2D eigenvalue weighted by atomic mass is 35.5. The van der Waals surface area contributed by atoms with Crippen LogP contribution in [0.5, 0.6) is 0 Å². The Labute approximate surface area is 150 Å². The lowest BCUT2D eigenvalue weighted by molar-refractivity contribution is 0.165. The molecule has 1 atom stereocenters. The summed E-state index contributed by atoms with van der Waals surface area (Å²) < 4.78 is 5.48. The number of hydrogen-bond acceptors (Lipinski definition) is 5. The van der Waals surface area contributed by atoms with Crippen LogP contribution in [-0.4, -0.2) is 21.1 Å². The molecular formula is C18H18ClN3OS. The molecule has 0 N–H and O–H groups in total. The van der Waals surface area contributed by atoms with Crippen LogP contribution in [0.2, 0.25) is 5.02 Å². The molecule has 2 aromatic heterocycles. The predicted molar refractivity (Wildman–Crippen MR) is 96.0 cm³/mol. The van der Waals surface area contributed by atoms with Crippen LogP contribution < -0.4 is 0 Å². The fraction of sp³-hybridized carbons (Fsp3) is 0.333. The maximum Gasteiger partial charge on any atom is 0.241 e. The van der Waals surface area contributed by atoms with Gasteiger partial charge in [0.1, 0.15) is 0 Å². The van der Waals surface area contributed by atoms with Gasteiger partial charge < -0.3 is 4.52 Å². The van der Waals surface area contributed by atoms with Crippen molar-refractivity contribution < 1.29 is 4.52 Å². The number of thiophene rings is 1. The zero-order chi connectivity index (χ0) is 16.5. The Bertz CT molecular complexity index is 813. The lowest BCUT2D eigenvalue weighted by Gasteiger charge is -2.28. The van der Waals surface area contributed by atoms with Crippen LogP contribution in [0.1, 0.15) is 37.3 Å². The van der Waals surface area contributed by atoms with Gasteiger partial charge in [-0.3, -0.25) is 4.90 Å². The fourth-order valence-electron chi connectivity index (χ4n) is 2.96. The van der Waals surface area contributed by atoms with Crippen molar-refractivity contribution in [3.63, 3.8) is 0 Å².